The van der Waals surface area contributed by atoms with Gasteiger partial charge in [-0.3, -0.25) is 0 Å². The maximum Gasteiger partial charge on any atom is 0.319 e. The predicted octanol–water partition coefficient (Wildman–Crippen LogP) is 3.11. The number of aryl methyl sites for hydroxylation is 1. The molecule has 1 aliphatic heterocycles. The number of carbonyl (C=O) groups excluding carboxylic acids is 1. The van der Waals surface area contributed by atoms with Crippen LogP contribution in [0.2, 0.25) is 0 Å². The Bertz CT molecular complexity index is 534. The topological polar surface area (TPSA) is 72.5 Å². The van der Waals surface area contributed by atoms with Gasteiger partial charge >= 0.3 is 6.03 Å². The lowest BCUT2D eigenvalue weighted by Crippen LogP contribution is -2.44. The molecule has 2 amide bonds. The number of amides is 2. The normalized spacial score (nSPS) is 21.1. The molecule has 0 spiro atoms. The zero-order valence-corrected chi connectivity index (χ0v) is 14.4. The van der Waals surface area contributed by atoms with Gasteiger partial charge in [-0.25, -0.2) is 9.78 Å². The Morgan fingerprint density at radius 3 is 2.91 bits per heavy atom. The van der Waals surface area contributed by atoms with Gasteiger partial charge in [0, 0.05) is 18.7 Å². The van der Waals surface area contributed by atoms with Gasteiger partial charge < -0.3 is 20.1 Å². The van der Waals surface area contributed by atoms with Crippen molar-refractivity contribution in [3.05, 3.63) is 17.8 Å². The van der Waals surface area contributed by atoms with Gasteiger partial charge in [0.15, 0.2) is 0 Å². The van der Waals surface area contributed by atoms with Gasteiger partial charge in [0.25, 0.3) is 0 Å². The third kappa shape index (κ3) is 5.39. The fourth-order valence-electron chi connectivity index (χ4n) is 2.83. The van der Waals surface area contributed by atoms with Crippen LogP contribution in [0.1, 0.15) is 38.8 Å². The molecule has 2 heterocycles. The van der Waals surface area contributed by atoms with E-state index in [1.807, 2.05) is 6.92 Å². The Hall–Kier alpha value is -1.82. The number of urea groups is 1. The first-order valence-electron chi connectivity index (χ1n) is 8.18. The highest BCUT2D eigenvalue weighted by Crippen LogP contribution is 2.21. The third-order valence-corrected chi connectivity index (χ3v) is 3.95. The number of nitrogens with one attached hydrogen (secondary N) is 2. The number of ether oxygens (including phenoxy) is 2. The minimum absolute atomic E-state index is 0.152. The largest absolute Gasteiger partial charge is 0.481 e. The van der Waals surface area contributed by atoms with Crippen molar-refractivity contribution < 1.29 is 14.3 Å². The van der Waals surface area contributed by atoms with Gasteiger partial charge in [-0.2, -0.15) is 0 Å². The summed E-state index contributed by atoms with van der Waals surface area (Å²) >= 11 is 0. The van der Waals surface area contributed by atoms with E-state index < -0.39 is 0 Å². The van der Waals surface area contributed by atoms with Crippen LogP contribution in [0.3, 0.4) is 0 Å². The average molecular weight is 321 g/mol. The second-order valence-corrected chi connectivity index (χ2v) is 6.43. The maximum atomic E-state index is 12.2. The molecule has 1 aromatic rings. The summed E-state index contributed by atoms with van der Waals surface area (Å²) in [5.74, 6) is 1.13. The van der Waals surface area contributed by atoms with E-state index in [0.717, 1.165) is 25.0 Å². The molecular weight excluding hydrogens is 294 g/mol. The summed E-state index contributed by atoms with van der Waals surface area (Å²) in [5.41, 5.74) is 1.42. The van der Waals surface area contributed by atoms with Gasteiger partial charge in [-0.1, -0.05) is 13.8 Å². The van der Waals surface area contributed by atoms with Crippen molar-refractivity contribution in [2.45, 2.75) is 52.2 Å². The van der Waals surface area contributed by atoms with Crippen LogP contribution in [-0.2, 0) is 4.74 Å². The average Bonchev–Trinajstić information content (AvgIpc) is 2.49. The highest BCUT2D eigenvalue weighted by atomic mass is 16.5. The molecule has 1 aliphatic rings. The summed E-state index contributed by atoms with van der Waals surface area (Å²) in [7, 11) is 1.57. The number of hydrogen-bond donors (Lipinski definition) is 2. The molecule has 0 radical (unpaired) electrons. The zero-order valence-electron chi connectivity index (χ0n) is 14.4. The first kappa shape index (κ1) is 17.5. The molecule has 2 N–H and O–H groups in total. The van der Waals surface area contributed by atoms with Crippen LogP contribution < -0.4 is 15.4 Å². The number of methoxy groups -OCH3 is 1. The van der Waals surface area contributed by atoms with Crippen LogP contribution in [-0.4, -0.2) is 36.9 Å². The Balaban J connectivity index is 1.87. The van der Waals surface area contributed by atoms with Crippen LogP contribution in [0.4, 0.5) is 10.5 Å². The van der Waals surface area contributed by atoms with Crippen molar-refractivity contribution in [1.29, 1.82) is 0 Å². The fraction of sp³-hybridized carbons (Fsp3) is 0.647. The summed E-state index contributed by atoms with van der Waals surface area (Å²) in [4.78, 5) is 16.4. The minimum Gasteiger partial charge on any atom is -0.481 e. The van der Waals surface area contributed by atoms with E-state index in [0.29, 0.717) is 24.1 Å². The smallest absolute Gasteiger partial charge is 0.319 e. The molecule has 0 bridgehead atoms. The number of aromatic nitrogens is 1. The maximum absolute atomic E-state index is 12.2. The van der Waals surface area contributed by atoms with Crippen LogP contribution in [0.25, 0.3) is 0 Å². The number of hydrogen-bond acceptors (Lipinski definition) is 4. The third-order valence-electron chi connectivity index (χ3n) is 3.95. The van der Waals surface area contributed by atoms with Crippen molar-refractivity contribution in [3.8, 4) is 5.88 Å². The van der Waals surface area contributed by atoms with E-state index in [1.165, 1.54) is 0 Å². The zero-order chi connectivity index (χ0) is 16.8. The standard InChI is InChI=1S/C17H27N3O3/c1-11(2)9-14-10-13(7-8-23-14)19-17(21)20-15-5-6-16(22-4)18-12(15)3/h5-6,11,13-14H,7-10H2,1-4H3,(H2,19,20,21)/t13-,14+/m0/s1. The number of anilines is 1. The summed E-state index contributed by atoms with van der Waals surface area (Å²) in [6.07, 6.45) is 2.98. The van der Waals surface area contributed by atoms with E-state index >= 15 is 0 Å². The van der Waals surface area contributed by atoms with Crippen LogP contribution in [0, 0.1) is 12.8 Å². The summed E-state index contributed by atoms with van der Waals surface area (Å²) in [5, 5.41) is 5.89. The van der Waals surface area contributed by atoms with Crippen LogP contribution >= 0.6 is 0 Å². The number of carbonyl (C=O) groups is 1. The molecule has 2 rings (SSSR count). The van der Waals surface area contributed by atoms with E-state index in [-0.39, 0.29) is 18.2 Å². The molecule has 0 saturated carbocycles. The van der Waals surface area contributed by atoms with Gasteiger partial charge in [0.05, 0.1) is 24.6 Å². The first-order valence-corrected chi connectivity index (χ1v) is 8.18. The Morgan fingerprint density at radius 2 is 2.26 bits per heavy atom. The van der Waals surface area contributed by atoms with Crippen molar-refractivity contribution >= 4 is 11.7 Å². The lowest BCUT2D eigenvalue weighted by molar-refractivity contribution is -0.00717. The minimum atomic E-state index is -0.199. The van der Waals surface area contributed by atoms with Crippen LogP contribution in [0.5, 0.6) is 5.88 Å². The Morgan fingerprint density at radius 1 is 1.48 bits per heavy atom. The monoisotopic (exact) mass is 321 g/mol. The number of rotatable bonds is 5. The van der Waals surface area contributed by atoms with Gasteiger partial charge in [-0.05, 0) is 38.2 Å². The molecule has 1 saturated heterocycles. The summed E-state index contributed by atoms with van der Waals surface area (Å²) in [6.45, 7) is 6.91. The van der Waals surface area contributed by atoms with Crippen molar-refractivity contribution in [2.75, 3.05) is 19.0 Å². The quantitative estimate of drug-likeness (QED) is 0.874. The first-order chi connectivity index (χ1) is 11.0. The SMILES string of the molecule is COc1ccc(NC(=O)N[C@H]2CCO[C@H](CC(C)C)C2)c(C)n1. The summed E-state index contributed by atoms with van der Waals surface area (Å²) < 4.78 is 10.8. The van der Waals surface area contributed by atoms with E-state index in [4.69, 9.17) is 9.47 Å². The predicted molar refractivity (Wildman–Crippen MR) is 89.9 cm³/mol. The highest BCUT2D eigenvalue weighted by molar-refractivity contribution is 5.90. The lowest BCUT2D eigenvalue weighted by atomic mass is 9.96. The number of nitrogens with zero attached hydrogens (tertiary/aromatic N) is 1. The fourth-order valence-corrected chi connectivity index (χ4v) is 2.83. The van der Waals surface area contributed by atoms with E-state index in [2.05, 4.69) is 29.5 Å². The molecule has 1 fully saturated rings. The van der Waals surface area contributed by atoms with Crippen molar-refractivity contribution in [1.82, 2.24) is 10.3 Å². The second kappa shape index (κ2) is 8.15. The molecule has 6 heteroatoms. The molecule has 0 unspecified atom stereocenters. The molecule has 2 atom stereocenters. The molecular formula is C17H27N3O3. The Kier molecular flexibility index (Phi) is 6.21. The number of pyridine rings is 1. The highest BCUT2D eigenvalue weighted by Gasteiger charge is 2.24. The lowest BCUT2D eigenvalue weighted by Gasteiger charge is -2.31. The van der Waals surface area contributed by atoms with Gasteiger partial charge in [0.2, 0.25) is 5.88 Å². The second-order valence-electron chi connectivity index (χ2n) is 6.43. The molecule has 6 nitrogen and oxygen atoms in total. The van der Waals surface area contributed by atoms with Crippen molar-refractivity contribution in [2.24, 2.45) is 5.92 Å². The van der Waals surface area contributed by atoms with E-state index in [1.54, 1.807) is 19.2 Å². The van der Waals surface area contributed by atoms with Crippen molar-refractivity contribution in [3.63, 3.8) is 0 Å². The summed E-state index contributed by atoms with van der Waals surface area (Å²) in [6, 6.07) is 3.48. The molecule has 1 aromatic heterocycles. The molecule has 0 aromatic carbocycles. The van der Waals surface area contributed by atoms with Gasteiger partial charge in [-0.15, -0.1) is 0 Å². The molecule has 23 heavy (non-hydrogen) atoms. The van der Waals surface area contributed by atoms with Gasteiger partial charge in [0.1, 0.15) is 0 Å². The molecule has 0 aliphatic carbocycles. The molecule has 128 valence electrons. The van der Waals surface area contributed by atoms with Crippen LogP contribution in [0.15, 0.2) is 12.1 Å². The Labute approximate surface area is 138 Å². The van der Waals surface area contributed by atoms with E-state index in [9.17, 15) is 4.79 Å².